The van der Waals surface area contributed by atoms with Gasteiger partial charge in [-0.15, -0.1) is 0 Å². The van der Waals surface area contributed by atoms with Crippen molar-refractivity contribution in [2.45, 2.75) is 84.8 Å². The first-order valence-electron chi connectivity index (χ1n) is 11.5. The van der Waals surface area contributed by atoms with Gasteiger partial charge >= 0.3 is 0 Å². The molecular weight excluding hydrogens is 378 g/mol. The zero-order chi connectivity index (χ0) is 22.1. The molecule has 3 rings (SSSR count). The van der Waals surface area contributed by atoms with Gasteiger partial charge in [-0.05, 0) is 45.4 Å². The number of rotatable bonds is 7. The topological polar surface area (TPSA) is 70.5 Å². The molecule has 168 valence electrons. The van der Waals surface area contributed by atoms with E-state index in [-0.39, 0.29) is 17.9 Å². The molecule has 0 saturated carbocycles. The lowest BCUT2D eigenvalue weighted by molar-refractivity contribution is -0.161. The number of piperidine rings is 1. The van der Waals surface area contributed by atoms with Crippen LogP contribution in [0.2, 0.25) is 0 Å². The molecule has 2 amide bonds. The average molecular weight is 418 g/mol. The number of aryl methyl sites for hydroxylation is 2. The second kappa shape index (κ2) is 9.08. The standard InChI is InChI=1S/C23H39N5O2/c1-7-8-11-28-21(29)20(14-16(2)3)24-22(30)23(28)9-12-27(13-10-23)15-19-17(4)25-26(6)18(19)5/h16,20H,7-15H2,1-6H3,(H,24,30). The summed E-state index contributed by atoms with van der Waals surface area (Å²) < 4.78 is 1.94. The van der Waals surface area contributed by atoms with Crippen LogP contribution in [0.3, 0.4) is 0 Å². The minimum Gasteiger partial charge on any atom is -0.342 e. The SMILES string of the molecule is CCCCN1C(=O)C(CC(C)C)NC(=O)C12CCN(Cc1c(C)nn(C)c1C)CC2. The van der Waals surface area contributed by atoms with Crippen LogP contribution in [0.5, 0.6) is 0 Å². The summed E-state index contributed by atoms with van der Waals surface area (Å²) >= 11 is 0. The number of likely N-dealkylation sites (tertiary alicyclic amines) is 1. The van der Waals surface area contributed by atoms with Gasteiger partial charge in [0.15, 0.2) is 0 Å². The third kappa shape index (κ3) is 4.27. The molecule has 2 fully saturated rings. The Hall–Kier alpha value is -1.89. The molecule has 0 aliphatic carbocycles. The van der Waals surface area contributed by atoms with Gasteiger partial charge in [-0.25, -0.2) is 0 Å². The largest absolute Gasteiger partial charge is 0.342 e. The van der Waals surface area contributed by atoms with Gasteiger partial charge in [0.2, 0.25) is 11.8 Å². The molecule has 2 saturated heterocycles. The molecule has 2 aliphatic heterocycles. The highest BCUT2D eigenvalue weighted by atomic mass is 16.2. The van der Waals surface area contributed by atoms with Crippen LogP contribution >= 0.6 is 0 Å². The minimum atomic E-state index is -0.685. The number of carbonyl (C=O) groups is 2. The number of hydrogen-bond acceptors (Lipinski definition) is 4. The summed E-state index contributed by atoms with van der Waals surface area (Å²) in [5.74, 6) is 0.538. The van der Waals surface area contributed by atoms with Crippen molar-refractivity contribution >= 4 is 11.8 Å². The minimum absolute atomic E-state index is 0.0530. The Morgan fingerprint density at radius 3 is 2.40 bits per heavy atom. The lowest BCUT2D eigenvalue weighted by atomic mass is 9.80. The fourth-order valence-corrected chi connectivity index (χ4v) is 5.00. The number of unbranched alkanes of at least 4 members (excludes halogenated alkanes) is 1. The van der Waals surface area contributed by atoms with E-state index in [4.69, 9.17) is 0 Å². The molecule has 0 radical (unpaired) electrons. The van der Waals surface area contributed by atoms with Crippen molar-refractivity contribution < 1.29 is 9.59 Å². The Labute approximate surface area is 181 Å². The quantitative estimate of drug-likeness (QED) is 0.740. The average Bonchev–Trinajstić information content (AvgIpc) is 2.93. The van der Waals surface area contributed by atoms with Gasteiger partial charge in [-0.1, -0.05) is 27.2 Å². The second-order valence-corrected chi connectivity index (χ2v) is 9.58. The molecule has 2 aliphatic rings. The summed E-state index contributed by atoms with van der Waals surface area (Å²) in [5, 5.41) is 7.62. The molecule has 0 bridgehead atoms. The van der Waals surface area contributed by atoms with Crippen LogP contribution in [0.1, 0.15) is 69.8 Å². The number of piperazine rings is 1. The third-order valence-electron chi connectivity index (χ3n) is 6.97. The van der Waals surface area contributed by atoms with E-state index in [0.717, 1.165) is 38.2 Å². The van der Waals surface area contributed by atoms with Crippen molar-refractivity contribution in [3.05, 3.63) is 17.0 Å². The van der Waals surface area contributed by atoms with Crippen molar-refractivity contribution in [3.8, 4) is 0 Å². The molecule has 7 nitrogen and oxygen atoms in total. The fraction of sp³-hybridized carbons (Fsp3) is 0.783. The summed E-state index contributed by atoms with van der Waals surface area (Å²) in [5.41, 5.74) is 2.86. The van der Waals surface area contributed by atoms with E-state index >= 15 is 0 Å². The lowest BCUT2D eigenvalue weighted by Gasteiger charge is -2.52. The zero-order valence-corrected chi connectivity index (χ0v) is 19.6. The van der Waals surface area contributed by atoms with Gasteiger partial charge in [0, 0.05) is 44.5 Å². The Morgan fingerprint density at radius 1 is 1.20 bits per heavy atom. The molecule has 1 spiro atoms. The van der Waals surface area contributed by atoms with Crippen molar-refractivity contribution in [2.75, 3.05) is 19.6 Å². The summed E-state index contributed by atoms with van der Waals surface area (Å²) in [6.07, 6.45) is 4.05. The van der Waals surface area contributed by atoms with Crippen molar-refractivity contribution in [2.24, 2.45) is 13.0 Å². The van der Waals surface area contributed by atoms with Crippen LogP contribution in [0, 0.1) is 19.8 Å². The highest BCUT2D eigenvalue weighted by molar-refractivity contribution is 6.00. The molecule has 1 N–H and O–H groups in total. The Kier molecular flexibility index (Phi) is 6.90. The molecule has 1 atom stereocenters. The number of nitrogens with zero attached hydrogens (tertiary/aromatic N) is 4. The molecule has 3 heterocycles. The number of carbonyl (C=O) groups excluding carboxylic acids is 2. The monoisotopic (exact) mass is 417 g/mol. The van der Waals surface area contributed by atoms with E-state index in [9.17, 15) is 9.59 Å². The van der Waals surface area contributed by atoms with Gasteiger partial charge < -0.3 is 10.2 Å². The normalized spacial score (nSPS) is 22.2. The van der Waals surface area contributed by atoms with Crippen molar-refractivity contribution in [3.63, 3.8) is 0 Å². The molecule has 0 aromatic carbocycles. The van der Waals surface area contributed by atoms with Crippen molar-refractivity contribution in [1.82, 2.24) is 24.9 Å². The van der Waals surface area contributed by atoms with Crippen LogP contribution in [-0.4, -0.2) is 62.6 Å². The first-order chi connectivity index (χ1) is 14.2. The van der Waals surface area contributed by atoms with Gasteiger partial charge in [0.05, 0.1) is 5.69 Å². The summed E-state index contributed by atoms with van der Waals surface area (Å²) in [7, 11) is 1.98. The predicted octanol–water partition coefficient (Wildman–Crippen LogP) is 2.54. The van der Waals surface area contributed by atoms with Crippen LogP contribution in [-0.2, 0) is 23.2 Å². The van der Waals surface area contributed by atoms with E-state index in [0.29, 0.717) is 31.7 Å². The van der Waals surface area contributed by atoms with Gasteiger partial charge in [0.25, 0.3) is 0 Å². The number of amides is 2. The predicted molar refractivity (Wildman–Crippen MR) is 118 cm³/mol. The van der Waals surface area contributed by atoms with E-state index in [1.54, 1.807) is 0 Å². The zero-order valence-electron chi connectivity index (χ0n) is 19.6. The van der Waals surface area contributed by atoms with Crippen molar-refractivity contribution in [1.29, 1.82) is 0 Å². The van der Waals surface area contributed by atoms with Gasteiger partial charge in [-0.3, -0.25) is 19.2 Å². The van der Waals surface area contributed by atoms with E-state index in [1.165, 1.54) is 11.3 Å². The molecular formula is C23H39N5O2. The Morgan fingerprint density at radius 2 is 1.87 bits per heavy atom. The van der Waals surface area contributed by atoms with Crippen LogP contribution in [0.15, 0.2) is 0 Å². The number of nitrogens with one attached hydrogen (secondary N) is 1. The summed E-state index contributed by atoms with van der Waals surface area (Å²) in [6.45, 7) is 13.6. The summed E-state index contributed by atoms with van der Waals surface area (Å²) in [4.78, 5) is 31.0. The fourth-order valence-electron chi connectivity index (χ4n) is 5.00. The first-order valence-corrected chi connectivity index (χ1v) is 11.5. The highest BCUT2D eigenvalue weighted by Crippen LogP contribution is 2.35. The molecule has 7 heteroatoms. The van der Waals surface area contributed by atoms with Gasteiger partial charge in [-0.2, -0.15) is 5.10 Å². The highest BCUT2D eigenvalue weighted by Gasteiger charge is 2.53. The van der Waals surface area contributed by atoms with E-state index < -0.39 is 5.54 Å². The number of aromatic nitrogens is 2. The lowest BCUT2D eigenvalue weighted by Crippen LogP contribution is -2.73. The van der Waals surface area contributed by atoms with Crippen LogP contribution in [0.25, 0.3) is 0 Å². The molecule has 1 aromatic heterocycles. The Bertz CT molecular complexity index is 777. The maximum Gasteiger partial charge on any atom is 0.246 e. The summed E-state index contributed by atoms with van der Waals surface area (Å²) in [6, 6.07) is -0.376. The van der Waals surface area contributed by atoms with E-state index in [1.807, 2.05) is 16.6 Å². The van der Waals surface area contributed by atoms with Gasteiger partial charge in [0.1, 0.15) is 11.6 Å². The smallest absolute Gasteiger partial charge is 0.246 e. The third-order valence-corrected chi connectivity index (χ3v) is 6.97. The maximum atomic E-state index is 13.3. The van der Waals surface area contributed by atoms with Crippen LogP contribution in [0.4, 0.5) is 0 Å². The molecule has 30 heavy (non-hydrogen) atoms. The van der Waals surface area contributed by atoms with E-state index in [2.05, 4.69) is 49.9 Å². The second-order valence-electron chi connectivity index (χ2n) is 9.58. The van der Waals surface area contributed by atoms with Crippen LogP contribution < -0.4 is 5.32 Å². The Balaban J connectivity index is 1.75. The number of hydrogen-bond donors (Lipinski definition) is 1. The first kappa shape index (κ1) is 22.8. The maximum absolute atomic E-state index is 13.3. The molecule has 1 unspecified atom stereocenters. The molecule has 1 aromatic rings.